The van der Waals surface area contributed by atoms with Gasteiger partial charge >= 0.3 is 0 Å². The number of piperazine rings is 1. The lowest BCUT2D eigenvalue weighted by Crippen LogP contribution is -2.47. The highest BCUT2D eigenvalue weighted by Crippen LogP contribution is 2.35. The van der Waals surface area contributed by atoms with Crippen LogP contribution in [0.5, 0.6) is 11.5 Å². The number of nitrogens with zero attached hydrogens (tertiary/aromatic N) is 5. The first-order valence-corrected chi connectivity index (χ1v) is 9.17. The number of aromatic nitrogens is 2. The highest BCUT2D eigenvalue weighted by molar-refractivity contribution is 5.66. The molecule has 0 amide bonds. The third-order valence-electron chi connectivity index (χ3n) is 5.00. The van der Waals surface area contributed by atoms with Crippen molar-refractivity contribution in [1.82, 2.24) is 14.9 Å². The van der Waals surface area contributed by atoms with Crippen molar-refractivity contribution in [1.29, 1.82) is 5.26 Å². The van der Waals surface area contributed by atoms with Gasteiger partial charge in [0.15, 0.2) is 11.5 Å². The molecule has 0 spiro atoms. The molecule has 0 aliphatic carbocycles. The maximum atomic E-state index is 8.95. The molecule has 2 aliphatic heterocycles. The van der Waals surface area contributed by atoms with Gasteiger partial charge in [0.2, 0.25) is 5.95 Å². The van der Waals surface area contributed by atoms with Crippen molar-refractivity contribution >= 4 is 17.8 Å². The van der Waals surface area contributed by atoms with E-state index in [9.17, 15) is 0 Å². The molecular weight excluding hydrogens is 356 g/mol. The van der Waals surface area contributed by atoms with E-state index in [4.69, 9.17) is 20.5 Å². The summed E-state index contributed by atoms with van der Waals surface area (Å²) in [6.45, 7) is 4.84. The number of benzene rings is 1. The monoisotopic (exact) mass is 378 g/mol. The van der Waals surface area contributed by atoms with Crippen LogP contribution in [0.4, 0.5) is 11.8 Å². The summed E-state index contributed by atoms with van der Waals surface area (Å²) >= 11 is 0. The van der Waals surface area contributed by atoms with Gasteiger partial charge in [-0.3, -0.25) is 4.90 Å². The number of nitriles is 1. The largest absolute Gasteiger partial charge is 0.493 e. The smallest absolute Gasteiger partial charge is 0.227 e. The zero-order valence-electron chi connectivity index (χ0n) is 15.8. The Kier molecular flexibility index (Phi) is 5.00. The predicted molar refractivity (Wildman–Crippen MR) is 106 cm³/mol. The number of methoxy groups -OCH3 is 1. The standard InChI is InChI=1S/C20H22N6O2/c1-27-17-4-2-3-15-9-14(13-28-18(15)17)12-25-5-7-26(8-6-25)20-23-11-16(10-21)19(22)24-20/h2-4,9,11H,5-8,12-13H2,1H3,(H2,22,23,24). The number of anilines is 2. The number of hydrogen-bond acceptors (Lipinski definition) is 8. The lowest BCUT2D eigenvalue weighted by molar-refractivity contribution is 0.256. The second kappa shape index (κ2) is 7.74. The molecule has 1 saturated heterocycles. The summed E-state index contributed by atoms with van der Waals surface area (Å²) in [6, 6.07) is 7.92. The van der Waals surface area contributed by atoms with Crippen LogP contribution < -0.4 is 20.1 Å². The Bertz CT molecular complexity index is 944. The summed E-state index contributed by atoms with van der Waals surface area (Å²) in [5.74, 6) is 2.39. The van der Waals surface area contributed by atoms with Crippen LogP contribution in [0.3, 0.4) is 0 Å². The minimum atomic E-state index is 0.230. The molecule has 0 unspecified atom stereocenters. The van der Waals surface area contributed by atoms with Crippen molar-refractivity contribution in [3.8, 4) is 17.6 Å². The molecule has 1 fully saturated rings. The van der Waals surface area contributed by atoms with E-state index in [-0.39, 0.29) is 5.82 Å². The number of para-hydroxylation sites is 1. The van der Waals surface area contributed by atoms with Crippen LogP contribution >= 0.6 is 0 Å². The van der Waals surface area contributed by atoms with Gasteiger partial charge in [-0.05, 0) is 17.7 Å². The molecule has 4 rings (SSSR count). The summed E-state index contributed by atoms with van der Waals surface area (Å²) in [6.07, 6.45) is 3.68. The third-order valence-corrected chi connectivity index (χ3v) is 5.00. The maximum absolute atomic E-state index is 8.95. The molecule has 2 N–H and O–H groups in total. The first-order chi connectivity index (χ1) is 13.7. The molecule has 2 aromatic rings. The molecule has 2 aliphatic rings. The van der Waals surface area contributed by atoms with E-state index in [0.29, 0.717) is 18.1 Å². The topological polar surface area (TPSA) is 101 Å². The van der Waals surface area contributed by atoms with Gasteiger partial charge in [0.25, 0.3) is 0 Å². The van der Waals surface area contributed by atoms with Crippen LogP contribution in [0.2, 0.25) is 0 Å². The van der Waals surface area contributed by atoms with E-state index in [0.717, 1.165) is 49.8 Å². The maximum Gasteiger partial charge on any atom is 0.227 e. The van der Waals surface area contributed by atoms with Gasteiger partial charge in [-0.2, -0.15) is 10.2 Å². The molecule has 144 valence electrons. The van der Waals surface area contributed by atoms with Crippen molar-refractivity contribution < 1.29 is 9.47 Å². The Hall–Kier alpha value is -3.31. The Morgan fingerprint density at radius 1 is 1.29 bits per heavy atom. The lowest BCUT2D eigenvalue weighted by Gasteiger charge is -2.35. The van der Waals surface area contributed by atoms with E-state index in [2.05, 4.69) is 25.8 Å². The quantitative estimate of drug-likeness (QED) is 0.855. The third kappa shape index (κ3) is 3.57. The molecule has 28 heavy (non-hydrogen) atoms. The molecule has 0 atom stereocenters. The van der Waals surface area contributed by atoms with Crippen LogP contribution in [0, 0.1) is 11.3 Å². The Morgan fingerprint density at radius 2 is 2.11 bits per heavy atom. The number of rotatable bonds is 4. The van der Waals surface area contributed by atoms with E-state index >= 15 is 0 Å². The zero-order chi connectivity index (χ0) is 19.5. The number of fused-ring (bicyclic) bond motifs is 1. The van der Waals surface area contributed by atoms with Gasteiger partial charge in [-0.1, -0.05) is 12.1 Å². The predicted octanol–water partition coefficient (Wildman–Crippen LogP) is 1.54. The average Bonchev–Trinajstić information content (AvgIpc) is 2.73. The number of nitrogens with two attached hydrogens (primary N) is 1. The number of nitrogen functional groups attached to an aromatic ring is 1. The second-order valence-electron chi connectivity index (χ2n) is 6.81. The van der Waals surface area contributed by atoms with E-state index in [1.54, 1.807) is 7.11 Å². The molecular formula is C20H22N6O2. The lowest BCUT2D eigenvalue weighted by atomic mass is 10.1. The highest BCUT2D eigenvalue weighted by atomic mass is 16.5. The van der Waals surface area contributed by atoms with Gasteiger partial charge in [0.05, 0.1) is 13.3 Å². The fourth-order valence-corrected chi connectivity index (χ4v) is 3.50. The second-order valence-corrected chi connectivity index (χ2v) is 6.81. The molecule has 3 heterocycles. The van der Waals surface area contributed by atoms with E-state index < -0.39 is 0 Å². The molecule has 1 aromatic heterocycles. The van der Waals surface area contributed by atoms with Crippen molar-refractivity contribution in [3.05, 3.63) is 41.1 Å². The van der Waals surface area contributed by atoms with Crippen LogP contribution in [0.15, 0.2) is 30.0 Å². The SMILES string of the molecule is COc1cccc2c1OCC(CN1CCN(c3ncc(C#N)c(N)n3)CC1)=C2. The summed E-state index contributed by atoms with van der Waals surface area (Å²) in [4.78, 5) is 13.0. The van der Waals surface area contributed by atoms with Gasteiger partial charge in [-0.25, -0.2) is 4.98 Å². The van der Waals surface area contributed by atoms with Crippen molar-refractivity contribution in [2.24, 2.45) is 0 Å². The Balaban J connectivity index is 1.38. The molecule has 0 bridgehead atoms. The first kappa shape index (κ1) is 18.1. The molecule has 0 saturated carbocycles. The van der Waals surface area contributed by atoms with Gasteiger partial charge in [-0.15, -0.1) is 0 Å². The molecule has 8 heteroatoms. The summed E-state index contributed by atoms with van der Waals surface area (Å²) in [5.41, 5.74) is 8.42. The van der Waals surface area contributed by atoms with Gasteiger partial charge in [0.1, 0.15) is 24.1 Å². The van der Waals surface area contributed by atoms with Crippen molar-refractivity contribution in [2.45, 2.75) is 0 Å². The van der Waals surface area contributed by atoms with E-state index in [1.807, 2.05) is 24.3 Å². The highest BCUT2D eigenvalue weighted by Gasteiger charge is 2.22. The summed E-state index contributed by atoms with van der Waals surface area (Å²) in [5, 5.41) is 8.95. The normalized spacial score (nSPS) is 16.6. The van der Waals surface area contributed by atoms with Gasteiger partial charge < -0.3 is 20.1 Å². The van der Waals surface area contributed by atoms with Gasteiger partial charge in [0, 0.05) is 38.3 Å². The Labute approximate surface area is 163 Å². The number of hydrogen-bond donors (Lipinski definition) is 1. The first-order valence-electron chi connectivity index (χ1n) is 9.17. The van der Waals surface area contributed by atoms with E-state index in [1.165, 1.54) is 11.8 Å². The van der Waals surface area contributed by atoms with Crippen molar-refractivity contribution in [2.75, 3.05) is 57.1 Å². The van der Waals surface area contributed by atoms with Crippen molar-refractivity contribution in [3.63, 3.8) is 0 Å². The molecule has 8 nitrogen and oxygen atoms in total. The summed E-state index contributed by atoms with van der Waals surface area (Å²) in [7, 11) is 1.66. The fourth-order valence-electron chi connectivity index (χ4n) is 3.50. The minimum Gasteiger partial charge on any atom is -0.493 e. The Morgan fingerprint density at radius 3 is 2.82 bits per heavy atom. The average molecular weight is 378 g/mol. The molecule has 1 aromatic carbocycles. The molecule has 0 radical (unpaired) electrons. The zero-order valence-corrected chi connectivity index (χ0v) is 15.8. The fraction of sp³-hybridized carbons (Fsp3) is 0.350. The summed E-state index contributed by atoms with van der Waals surface area (Å²) < 4.78 is 11.3. The van der Waals surface area contributed by atoms with Crippen LogP contribution in [0.25, 0.3) is 6.08 Å². The van der Waals surface area contributed by atoms with Crippen LogP contribution in [0.1, 0.15) is 11.1 Å². The minimum absolute atomic E-state index is 0.230. The van der Waals surface area contributed by atoms with Crippen LogP contribution in [-0.2, 0) is 0 Å². The number of ether oxygens (including phenoxy) is 2. The van der Waals surface area contributed by atoms with Crippen LogP contribution in [-0.4, -0.2) is 61.3 Å².